The van der Waals surface area contributed by atoms with Crippen molar-refractivity contribution >= 4 is 11.8 Å². The fraction of sp³-hybridized carbons (Fsp3) is 0.818. The van der Waals surface area contributed by atoms with Gasteiger partial charge in [-0.05, 0) is 30.8 Å². The highest BCUT2D eigenvalue weighted by molar-refractivity contribution is 6.05. The van der Waals surface area contributed by atoms with Crippen LogP contribution in [-0.4, -0.2) is 69.5 Å². The summed E-state index contributed by atoms with van der Waals surface area (Å²) >= 11 is 0. The van der Waals surface area contributed by atoms with E-state index >= 15 is 0 Å². The van der Waals surface area contributed by atoms with Crippen molar-refractivity contribution in [2.24, 2.45) is 34.0 Å². The van der Waals surface area contributed by atoms with Gasteiger partial charge in [0, 0.05) is 29.6 Å². The largest absolute Gasteiger partial charge is 0.465 e. The van der Waals surface area contributed by atoms with Gasteiger partial charge in [-0.1, -0.05) is 19.9 Å². The van der Waals surface area contributed by atoms with E-state index in [1.165, 1.54) is 6.92 Å². The van der Waals surface area contributed by atoms with Crippen molar-refractivity contribution in [1.82, 2.24) is 0 Å². The van der Waals surface area contributed by atoms with Crippen molar-refractivity contribution in [3.8, 4) is 0 Å². The molecule has 2 saturated heterocycles. The van der Waals surface area contributed by atoms with Gasteiger partial charge in [-0.3, -0.25) is 9.59 Å². The average molecular weight is 422 g/mol. The average Bonchev–Trinajstić information content (AvgIpc) is 2.80. The van der Waals surface area contributed by atoms with Crippen LogP contribution in [0.3, 0.4) is 0 Å². The first kappa shape index (κ1) is 20.6. The van der Waals surface area contributed by atoms with Gasteiger partial charge in [-0.15, -0.1) is 0 Å². The molecule has 0 aromatic carbocycles. The number of aliphatic hydroxyl groups is 4. The predicted octanol–water partition coefficient (Wildman–Crippen LogP) is -0.0812. The summed E-state index contributed by atoms with van der Waals surface area (Å²) in [6, 6.07) is 0. The molecule has 8 nitrogen and oxygen atoms in total. The summed E-state index contributed by atoms with van der Waals surface area (Å²) in [5, 5.41) is 45.4. The summed E-state index contributed by atoms with van der Waals surface area (Å²) in [5.41, 5.74) is -3.05. The highest BCUT2D eigenvalue weighted by Crippen LogP contribution is 2.76. The van der Waals surface area contributed by atoms with Crippen LogP contribution >= 0.6 is 0 Å². The quantitative estimate of drug-likeness (QED) is 0.359. The number of ether oxygens (including phenoxy) is 2. The molecule has 6 fully saturated rings. The van der Waals surface area contributed by atoms with Gasteiger partial charge in [-0.2, -0.15) is 0 Å². The molecule has 0 aromatic rings. The first-order valence-corrected chi connectivity index (χ1v) is 10.7. The van der Waals surface area contributed by atoms with Crippen LogP contribution < -0.4 is 0 Å². The van der Waals surface area contributed by atoms with Gasteiger partial charge < -0.3 is 29.9 Å². The van der Waals surface area contributed by atoms with Crippen molar-refractivity contribution in [1.29, 1.82) is 0 Å². The molecule has 2 aliphatic heterocycles. The molecule has 30 heavy (non-hydrogen) atoms. The third-order valence-corrected chi connectivity index (χ3v) is 9.25. The molecule has 8 heteroatoms. The van der Waals surface area contributed by atoms with Crippen molar-refractivity contribution in [3.05, 3.63) is 12.2 Å². The van der Waals surface area contributed by atoms with Crippen LogP contribution in [0.2, 0.25) is 0 Å². The Hall–Kier alpha value is -1.32. The lowest BCUT2D eigenvalue weighted by Crippen LogP contribution is -2.84. The molecule has 10 atom stereocenters. The Morgan fingerprint density at radius 2 is 1.97 bits per heavy atom. The standard InChI is InChI=1S/C22H30O8/c1-10-14-12(24)7-13-20-6-4-5-19(3,8-29-11(2)23)15(20)18(27)22(28,30-9-20)21(13,16(10)25)17(14)26/h12-15,17-18,24,26-28H,1,4-9H2,2-3H3/t12-,13-,14+,15+,17+,18-,19-,20+,21-,22-/m0/s1. The zero-order valence-electron chi connectivity index (χ0n) is 17.3. The number of hydrogen-bond donors (Lipinski definition) is 4. The van der Waals surface area contributed by atoms with Gasteiger partial charge in [0.2, 0.25) is 5.79 Å². The topological polar surface area (TPSA) is 134 Å². The van der Waals surface area contributed by atoms with E-state index in [0.717, 1.165) is 6.42 Å². The molecule has 2 spiro atoms. The molecule has 2 heterocycles. The molecule has 6 rings (SSSR count). The minimum absolute atomic E-state index is 0.0794. The molecule has 0 unspecified atom stereocenters. The molecule has 4 bridgehead atoms. The van der Waals surface area contributed by atoms with Crippen LogP contribution in [0, 0.1) is 34.0 Å². The number of hydrogen-bond acceptors (Lipinski definition) is 8. The Balaban J connectivity index is 1.70. The minimum Gasteiger partial charge on any atom is -0.465 e. The lowest BCUT2D eigenvalue weighted by molar-refractivity contribution is -0.452. The lowest BCUT2D eigenvalue weighted by atomic mass is 9.36. The maximum atomic E-state index is 13.5. The summed E-state index contributed by atoms with van der Waals surface area (Å²) in [6.45, 7) is 7.25. The van der Waals surface area contributed by atoms with Crippen molar-refractivity contribution in [3.63, 3.8) is 0 Å². The lowest BCUT2D eigenvalue weighted by Gasteiger charge is -2.74. The van der Waals surface area contributed by atoms with Crippen molar-refractivity contribution in [2.45, 2.75) is 63.6 Å². The molecule has 166 valence electrons. The molecular formula is C22H30O8. The van der Waals surface area contributed by atoms with E-state index in [1.807, 2.05) is 6.92 Å². The fourth-order valence-electron chi connectivity index (χ4n) is 8.24. The van der Waals surface area contributed by atoms with Crippen LogP contribution in [0.15, 0.2) is 12.2 Å². The zero-order chi connectivity index (χ0) is 21.9. The number of carbonyl (C=O) groups is 2. The monoisotopic (exact) mass is 422 g/mol. The third kappa shape index (κ3) is 1.96. The number of fused-ring (bicyclic) bond motifs is 2. The highest BCUT2D eigenvalue weighted by Gasteiger charge is 2.86. The molecule has 0 radical (unpaired) electrons. The van der Waals surface area contributed by atoms with Crippen LogP contribution in [0.5, 0.6) is 0 Å². The van der Waals surface area contributed by atoms with Crippen LogP contribution in [0.25, 0.3) is 0 Å². The number of carbonyl (C=O) groups excluding carboxylic acids is 2. The number of ketones is 1. The first-order valence-electron chi connectivity index (χ1n) is 10.7. The Bertz CT molecular complexity index is 841. The van der Waals surface area contributed by atoms with E-state index in [4.69, 9.17) is 9.47 Å². The Morgan fingerprint density at radius 1 is 1.27 bits per heavy atom. The Morgan fingerprint density at radius 3 is 2.63 bits per heavy atom. The number of Topliss-reactive ketones (excluding diaryl/α,β-unsaturated/α-hetero) is 1. The van der Waals surface area contributed by atoms with Crippen molar-refractivity contribution in [2.75, 3.05) is 13.2 Å². The minimum atomic E-state index is -2.30. The van der Waals surface area contributed by atoms with Gasteiger partial charge in [-0.25, -0.2) is 0 Å². The number of aliphatic hydroxyl groups excluding tert-OH is 3. The van der Waals surface area contributed by atoms with Crippen molar-refractivity contribution < 1.29 is 39.5 Å². The maximum absolute atomic E-state index is 13.5. The fourth-order valence-corrected chi connectivity index (χ4v) is 8.24. The molecule has 0 amide bonds. The second-order valence-electron chi connectivity index (χ2n) is 10.5. The highest BCUT2D eigenvalue weighted by atomic mass is 16.6. The van der Waals surface area contributed by atoms with Gasteiger partial charge >= 0.3 is 5.97 Å². The third-order valence-electron chi connectivity index (χ3n) is 9.25. The summed E-state index contributed by atoms with van der Waals surface area (Å²) in [5.74, 6) is -5.22. The van der Waals surface area contributed by atoms with Gasteiger partial charge in [0.25, 0.3) is 0 Å². The number of esters is 1. The van der Waals surface area contributed by atoms with Gasteiger partial charge in [0.1, 0.15) is 11.5 Å². The van der Waals surface area contributed by atoms with Crippen LogP contribution in [0.1, 0.15) is 39.5 Å². The molecule has 4 saturated carbocycles. The van der Waals surface area contributed by atoms with E-state index in [-0.39, 0.29) is 25.2 Å². The molecular weight excluding hydrogens is 392 g/mol. The SMILES string of the molecule is C=C1C(=O)[C@]23[C@H](O)[C@H]1[C@@H](O)C[C@H]2[C@]12CCC[C@@](C)(COC(C)=O)[C@H]1[C@H](O)[C@]3(O)OC2. The van der Waals surface area contributed by atoms with Crippen LogP contribution in [0.4, 0.5) is 0 Å². The normalized spacial score (nSPS) is 56.5. The molecule has 6 aliphatic rings. The van der Waals surface area contributed by atoms with Gasteiger partial charge in [0.05, 0.1) is 25.4 Å². The van der Waals surface area contributed by atoms with E-state index in [2.05, 4.69) is 6.58 Å². The Kier molecular flexibility index (Phi) is 4.06. The summed E-state index contributed by atoms with van der Waals surface area (Å²) in [6.07, 6.45) is -1.54. The first-order chi connectivity index (χ1) is 14.0. The summed E-state index contributed by atoms with van der Waals surface area (Å²) in [4.78, 5) is 25.0. The van der Waals surface area contributed by atoms with E-state index < -0.39 is 69.9 Å². The Labute approximate surface area is 174 Å². The van der Waals surface area contributed by atoms with E-state index in [0.29, 0.717) is 12.8 Å². The van der Waals surface area contributed by atoms with Crippen LogP contribution in [-0.2, 0) is 19.1 Å². The number of rotatable bonds is 2. The van der Waals surface area contributed by atoms with E-state index in [9.17, 15) is 30.0 Å². The van der Waals surface area contributed by atoms with Gasteiger partial charge in [0.15, 0.2) is 5.78 Å². The maximum Gasteiger partial charge on any atom is 0.302 e. The predicted molar refractivity (Wildman–Crippen MR) is 102 cm³/mol. The smallest absolute Gasteiger partial charge is 0.302 e. The second kappa shape index (κ2) is 5.92. The summed E-state index contributed by atoms with van der Waals surface area (Å²) < 4.78 is 11.2. The molecule has 0 aromatic heterocycles. The second-order valence-corrected chi connectivity index (χ2v) is 10.5. The summed E-state index contributed by atoms with van der Waals surface area (Å²) in [7, 11) is 0. The zero-order valence-corrected chi connectivity index (χ0v) is 17.3. The molecule has 4 N–H and O–H groups in total. The molecule has 4 aliphatic carbocycles. The van der Waals surface area contributed by atoms with E-state index in [1.54, 1.807) is 0 Å².